The molecule has 2 aromatic carbocycles. The molecule has 0 radical (unpaired) electrons. The fraction of sp³-hybridized carbons (Fsp3) is 0.362. The highest BCUT2D eigenvalue weighted by Gasteiger charge is 2.50. The third kappa shape index (κ3) is 15.8. The van der Waals surface area contributed by atoms with Crippen molar-refractivity contribution in [3.63, 3.8) is 0 Å². The van der Waals surface area contributed by atoms with Crippen LogP contribution in [0.5, 0.6) is 5.75 Å². The molecule has 0 unspecified atom stereocenters. The van der Waals surface area contributed by atoms with Gasteiger partial charge in [0.1, 0.15) is 73.9 Å². The summed E-state index contributed by atoms with van der Waals surface area (Å²) >= 11 is 0. The number of carbonyl (C=O) groups is 2. The standard InChI is InChI=1S/C47H40O14/c1-3-4-5-6-7-8-9-10-11-12-13-14-15-16-29-56-35-25-21-34(22-26-35)24-28-39(49)58-31-37-41(51)43(53)45(55)47(60-37)61-46-44(54)42(52)40(50)36(59-46)30-57-38(48)27-23-33-19-17-32(2)18-20-33/h1,17-22,25-26,36-37,40-47,50-55H,23-24,27-28,30-31H2,2H3/t36-,37-,40-,41-,42+,43+,44-,45-,46-,47-/m1/s1. The summed E-state index contributed by atoms with van der Waals surface area (Å²) in [5, 5.41) is 63.2. The third-order valence-corrected chi connectivity index (χ3v) is 8.74. The van der Waals surface area contributed by atoms with E-state index in [1.54, 1.807) is 24.3 Å². The molecule has 0 saturated carbocycles. The molecule has 2 saturated heterocycles. The van der Waals surface area contributed by atoms with Gasteiger partial charge in [-0.05, 0) is 84.5 Å². The number of rotatable bonds is 13. The van der Waals surface area contributed by atoms with Gasteiger partial charge in [-0.15, -0.1) is 6.42 Å². The number of carbonyl (C=O) groups excluding carboxylic acids is 2. The van der Waals surface area contributed by atoms with Crippen LogP contribution in [0.15, 0.2) is 48.5 Å². The minimum atomic E-state index is -1.88. The number of hydrogen-bond donors (Lipinski definition) is 6. The molecule has 312 valence electrons. The Morgan fingerprint density at radius 2 is 0.951 bits per heavy atom. The number of aliphatic hydroxyl groups excluding tert-OH is 6. The van der Waals surface area contributed by atoms with Gasteiger partial charge in [0.25, 0.3) is 0 Å². The summed E-state index contributed by atoms with van der Waals surface area (Å²) in [5.74, 6) is 33.2. The van der Waals surface area contributed by atoms with E-state index in [2.05, 4.69) is 89.0 Å². The fourth-order valence-electron chi connectivity index (χ4n) is 5.42. The first-order valence-electron chi connectivity index (χ1n) is 18.6. The summed E-state index contributed by atoms with van der Waals surface area (Å²) in [5.41, 5.74) is 2.75. The van der Waals surface area contributed by atoms with Crippen LogP contribution in [-0.2, 0) is 46.1 Å². The second-order valence-corrected chi connectivity index (χ2v) is 13.1. The van der Waals surface area contributed by atoms with Gasteiger partial charge in [-0.25, -0.2) is 0 Å². The zero-order chi connectivity index (χ0) is 44.0. The molecule has 2 heterocycles. The highest BCUT2D eigenvalue weighted by atomic mass is 16.8. The SMILES string of the molecule is C#CC#CC#CC#CC#CC#CC#CC#COc1ccc(CCC(=O)OC[C@H]2O[C@H](O[C@H]3O[C@H](COC(=O)CCc4ccc(C)cc4)[C@@H](O)[C@H](O)[C@H]3O)[C@H](O)[C@@H](O)[C@@H]2O)cc1. The van der Waals surface area contributed by atoms with Crippen LogP contribution in [0.2, 0.25) is 0 Å². The first-order chi connectivity index (χ1) is 29.5. The maximum Gasteiger partial charge on any atom is 0.306 e. The van der Waals surface area contributed by atoms with E-state index < -0.39 is 86.6 Å². The van der Waals surface area contributed by atoms with Crippen molar-refractivity contribution >= 4 is 11.9 Å². The van der Waals surface area contributed by atoms with Gasteiger partial charge in [0, 0.05) is 54.3 Å². The van der Waals surface area contributed by atoms with Crippen LogP contribution in [0.4, 0.5) is 0 Å². The van der Waals surface area contributed by atoms with Crippen LogP contribution in [0.25, 0.3) is 0 Å². The predicted molar refractivity (Wildman–Crippen MR) is 215 cm³/mol. The smallest absolute Gasteiger partial charge is 0.306 e. The van der Waals surface area contributed by atoms with Crippen molar-refractivity contribution in [2.24, 2.45) is 0 Å². The Hall–Kier alpha value is -6.70. The Labute approximate surface area is 353 Å². The maximum atomic E-state index is 12.6. The van der Waals surface area contributed by atoms with E-state index in [4.69, 9.17) is 34.8 Å². The summed E-state index contributed by atoms with van der Waals surface area (Å²) in [7, 11) is 0. The normalized spacial score (nSPS) is 24.5. The molecule has 2 aliphatic rings. The second-order valence-electron chi connectivity index (χ2n) is 13.1. The molecular formula is C47H40O14. The molecular weight excluding hydrogens is 789 g/mol. The quantitative estimate of drug-likeness (QED) is 0.109. The number of ether oxygens (including phenoxy) is 6. The van der Waals surface area contributed by atoms with E-state index in [0.29, 0.717) is 12.2 Å². The molecule has 0 aliphatic carbocycles. The number of hydrogen-bond acceptors (Lipinski definition) is 14. The Morgan fingerprint density at radius 1 is 0.557 bits per heavy atom. The van der Waals surface area contributed by atoms with Gasteiger partial charge in [-0.2, -0.15) is 0 Å². The highest BCUT2D eigenvalue weighted by Crippen LogP contribution is 2.29. The van der Waals surface area contributed by atoms with Gasteiger partial charge in [-0.3, -0.25) is 9.59 Å². The van der Waals surface area contributed by atoms with Crippen molar-refractivity contribution in [1.82, 2.24) is 0 Å². The van der Waals surface area contributed by atoms with Crippen molar-refractivity contribution in [2.45, 2.75) is 94.0 Å². The van der Waals surface area contributed by atoms with E-state index in [-0.39, 0.29) is 19.3 Å². The molecule has 4 rings (SSSR count). The summed E-state index contributed by atoms with van der Waals surface area (Å²) in [6.07, 6.45) is -9.09. The number of aliphatic hydroxyl groups is 6. The maximum absolute atomic E-state index is 12.6. The Bertz CT molecular complexity index is 2320. The highest BCUT2D eigenvalue weighted by molar-refractivity contribution is 5.70. The monoisotopic (exact) mass is 828 g/mol. The lowest BCUT2D eigenvalue weighted by molar-refractivity contribution is -0.376. The van der Waals surface area contributed by atoms with E-state index in [1.165, 1.54) is 0 Å². The zero-order valence-corrected chi connectivity index (χ0v) is 32.7. The van der Waals surface area contributed by atoms with Gasteiger partial charge in [0.15, 0.2) is 12.6 Å². The molecule has 14 heteroatoms. The average molecular weight is 829 g/mol. The van der Waals surface area contributed by atoms with E-state index in [9.17, 15) is 40.2 Å². The molecule has 0 aromatic heterocycles. The first kappa shape index (κ1) is 47.0. The van der Waals surface area contributed by atoms with Crippen LogP contribution in [0, 0.1) is 102 Å². The lowest BCUT2D eigenvalue weighted by Crippen LogP contribution is -2.64. The molecule has 6 N–H and O–H groups in total. The third-order valence-electron chi connectivity index (χ3n) is 8.74. The van der Waals surface area contributed by atoms with Crippen molar-refractivity contribution in [2.75, 3.05) is 13.2 Å². The Morgan fingerprint density at radius 3 is 1.38 bits per heavy atom. The summed E-state index contributed by atoms with van der Waals surface area (Å²) in [6.45, 7) is 0.880. The molecule has 2 aliphatic heterocycles. The topological polar surface area (TPSA) is 211 Å². The molecule has 2 aromatic rings. The summed E-state index contributed by atoms with van der Waals surface area (Å²) in [4.78, 5) is 25.0. The Kier molecular flexibility index (Phi) is 19.3. The average Bonchev–Trinajstić information content (AvgIpc) is 3.26. The number of aryl methyl sites for hydroxylation is 3. The predicted octanol–water partition coefficient (Wildman–Crippen LogP) is -0.728. The summed E-state index contributed by atoms with van der Waals surface area (Å²) in [6, 6.07) is 14.3. The number of esters is 2. The van der Waals surface area contributed by atoms with Gasteiger partial charge >= 0.3 is 11.9 Å². The van der Waals surface area contributed by atoms with E-state index >= 15 is 0 Å². The van der Waals surface area contributed by atoms with Gasteiger partial charge in [0.2, 0.25) is 0 Å². The van der Waals surface area contributed by atoms with Gasteiger partial charge in [0.05, 0.1) is 0 Å². The van der Waals surface area contributed by atoms with E-state index in [0.717, 1.165) is 16.7 Å². The molecule has 0 spiro atoms. The molecule has 2 fully saturated rings. The first-order valence-corrected chi connectivity index (χ1v) is 18.6. The molecule has 0 amide bonds. The Balaban J connectivity index is 1.20. The zero-order valence-electron chi connectivity index (χ0n) is 32.7. The van der Waals surface area contributed by atoms with Crippen LogP contribution < -0.4 is 4.74 Å². The largest absolute Gasteiger partial charge is 0.463 e. The minimum Gasteiger partial charge on any atom is -0.463 e. The van der Waals surface area contributed by atoms with Crippen LogP contribution in [-0.4, -0.2) is 117 Å². The lowest BCUT2D eigenvalue weighted by Gasteiger charge is -2.44. The lowest BCUT2D eigenvalue weighted by atomic mass is 9.98. The van der Waals surface area contributed by atoms with Gasteiger partial charge < -0.3 is 59.1 Å². The van der Waals surface area contributed by atoms with Crippen molar-refractivity contribution in [1.29, 1.82) is 0 Å². The van der Waals surface area contributed by atoms with Crippen LogP contribution >= 0.6 is 0 Å². The van der Waals surface area contributed by atoms with Crippen molar-refractivity contribution in [3.8, 4) is 101 Å². The molecule has 14 nitrogen and oxygen atoms in total. The number of benzene rings is 2. The summed E-state index contributed by atoms with van der Waals surface area (Å²) < 4.78 is 32.5. The van der Waals surface area contributed by atoms with Crippen molar-refractivity contribution < 1.29 is 68.6 Å². The fourth-order valence-corrected chi connectivity index (χ4v) is 5.42. The molecule has 61 heavy (non-hydrogen) atoms. The van der Waals surface area contributed by atoms with Gasteiger partial charge in [-0.1, -0.05) is 42.0 Å². The molecule has 0 bridgehead atoms. The minimum absolute atomic E-state index is 0.0285. The molecule has 10 atom stereocenters. The van der Waals surface area contributed by atoms with Crippen molar-refractivity contribution in [3.05, 3.63) is 65.2 Å². The van der Waals surface area contributed by atoms with E-state index in [1.807, 2.05) is 31.2 Å². The van der Waals surface area contributed by atoms with Crippen LogP contribution in [0.3, 0.4) is 0 Å². The van der Waals surface area contributed by atoms with Crippen LogP contribution in [0.1, 0.15) is 29.5 Å². The number of terminal acetylenes is 1. The second kappa shape index (κ2) is 25.0.